The largest absolute Gasteiger partial charge is 0.456 e. The number of hydrogen-bond donors (Lipinski definition) is 1. The van der Waals surface area contributed by atoms with Crippen LogP contribution in [0, 0.1) is 13.8 Å². The predicted molar refractivity (Wildman–Crippen MR) is 125 cm³/mol. The highest BCUT2D eigenvalue weighted by atomic mass is 79.9. The van der Waals surface area contributed by atoms with E-state index in [9.17, 15) is 4.79 Å². The van der Waals surface area contributed by atoms with E-state index >= 15 is 0 Å². The van der Waals surface area contributed by atoms with Crippen LogP contribution in [0.15, 0.2) is 37.7 Å². The number of furan rings is 1. The number of anilines is 1. The lowest BCUT2D eigenvalue weighted by Crippen LogP contribution is -2.34. The van der Waals surface area contributed by atoms with E-state index in [4.69, 9.17) is 8.94 Å². The van der Waals surface area contributed by atoms with Crippen molar-refractivity contribution in [1.82, 2.24) is 5.16 Å². The van der Waals surface area contributed by atoms with E-state index in [1.165, 1.54) is 35.1 Å². The number of hydrogen-bond acceptors (Lipinski definition) is 4. The molecule has 0 bridgehead atoms. The van der Waals surface area contributed by atoms with Gasteiger partial charge in [-0.25, -0.2) is 0 Å². The van der Waals surface area contributed by atoms with Crippen LogP contribution < -0.4 is 5.32 Å². The molecule has 0 spiro atoms. The third-order valence-electron chi connectivity index (χ3n) is 6.58. The second kappa shape index (κ2) is 7.66. The molecular formula is C25H29BrN2O3. The van der Waals surface area contributed by atoms with E-state index in [2.05, 4.69) is 73.2 Å². The summed E-state index contributed by atoms with van der Waals surface area (Å²) in [5.74, 6) is 1.60. The number of halogens is 1. The van der Waals surface area contributed by atoms with E-state index in [1.54, 1.807) is 13.0 Å². The van der Waals surface area contributed by atoms with Crippen molar-refractivity contribution in [1.29, 1.82) is 0 Å². The number of fused-ring (bicyclic) bond motifs is 1. The molecule has 5 nitrogen and oxygen atoms in total. The highest BCUT2D eigenvalue weighted by Crippen LogP contribution is 2.46. The first-order valence-electron chi connectivity index (χ1n) is 10.6. The van der Waals surface area contributed by atoms with Crippen molar-refractivity contribution in [3.63, 3.8) is 0 Å². The van der Waals surface area contributed by atoms with E-state index in [1.807, 2.05) is 6.07 Å². The van der Waals surface area contributed by atoms with Crippen LogP contribution in [-0.2, 0) is 17.3 Å². The van der Waals surface area contributed by atoms with Gasteiger partial charge in [0.15, 0.2) is 11.6 Å². The van der Waals surface area contributed by atoms with Crippen molar-refractivity contribution < 1.29 is 13.7 Å². The Kier molecular flexibility index (Phi) is 5.41. The number of nitrogens with zero attached hydrogens (tertiary/aromatic N) is 1. The highest BCUT2D eigenvalue weighted by Gasteiger charge is 2.37. The van der Waals surface area contributed by atoms with Crippen molar-refractivity contribution in [3.8, 4) is 0 Å². The molecule has 6 heteroatoms. The van der Waals surface area contributed by atoms with Crippen molar-refractivity contribution in [2.75, 3.05) is 5.32 Å². The molecule has 0 saturated carbocycles. The maximum atomic E-state index is 12.5. The molecule has 0 atom stereocenters. The zero-order chi connectivity index (χ0) is 22.6. The minimum Gasteiger partial charge on any atom is -0.456 e. The second-order valence-corrected chi connectivity index (χ2v) is 10.7. The van der Waals surface area contributed by atoms with Gasteiger partial charge in [0.05, 0.1) is 0 Å². The molecule has 0 saturated heterocycles. The molecule has 4 rings (SSSR count). The molecule has 1 aliphatic carbocycles. The predicted octanol–water partition coefficient (Wildman–Crippen LogP) is 6.84. The third-order valence-corrected chi connectivity index (χ3v) is 7.52. The van der Waals surface area contributed by atoms with E-state index in [-0.39, 0.29) is 22.5 Å². The van der Waals surface area contributed by atoms with Crippen molar-refractivity contribution in [2.45, 2.75) is 71.6 Å². The van der Waals surface area contributed by atoms with Crippen LogP contribution in [0.4, 0.5) is 5.82 Å². The lowest BCUT2D eigenvalue weighted by atomic mass is 9.62. The number of carbonyl (C=O) groups excluding carboxylic acids is 1. The Labute approximate surface area is 191 Å². The number of amides is 1. The standard InChI is InChI=1S/C25H29BrN2O3/c1-14-11-18-19(25(5,6)10-9-24(18,3)4)13-16(14)12-17-7-8-20(30-17)23(29)27-22-21(26)15(2)31-28-22/h7-8,11,13H,9-10,12H2,1-6H3,(H,27,28,29). The first-order chi connectivity index (χ1) is 14.5. The van der Waals surface area contributed by atoms with Crippen molar-refractivity contribution in [3.05, 3.63) is 68.3 Å². The zero-order valence-corrected chi connectivity index (χ0v) is 20.6. The molecule has 0 fully saturated rings. The summed E-state index contributed by atoms with van der Waals surface area (Å²) in [6, 6.07) is 8.27. The number of nitrogens with one attached hydrogen (secondary N) is 1. The maximum absolute atomic E-state index is 12.5. The molecule has 164 valence electrons. The van der Waals surface area contributed by atoms with Crippen LogP contribution in [0.1, 0.15) is 84.9 Å². The number of carbonyl (C=O) groups is 1. The Morgan fingerprint density at radius 1 is 1.10 bits per heavy atom. The summed E-state index contributed by atoms with van der Waals surface area (Å²) in [6.45, 7) is 13.3. The Morgan fingerprint density at radius 3 is 2.35 bits per heavy atom. The Bertz CT molecular complexity index is 1150. The molecule has 0 unspecified atom stereocenters. The lowest BCUT2D eigenvalue weighted by Gasteiger charge is -2.42. The fraction of sp³-hybridized carbons (Fsp3) is 0.440. The summed E-state index contributed by atoms with van der Waals surface area (Å²) in [6.07, 6.45) is 3.02. The van der Waals surface area contributed by atoms with Gasteiger partial charge in [-0.1, -0.05) is 45.0 Å². The normalized spacial score (nSPS) is 16.7. The molecule has 2 aromatic heterocycles. The molecule has 2 heterocycles. The van der Waals surface area contributed by atoms with Gasteiger partial charge in [-0.05, 0) is 87.8 Å². The summed E-state index contributed by atoms with van der Waals surface area (Å²) in [5, 5.41) is 6.55. The average molecular weight is 485 g/mol. The zero-order valence-electron chi connectivity index (χ0n) is 19.0. The van der Waals surface area contributed by atoms with Crippen LogP contribution in [0.5, 0.6) is 0 Å². The molecule has 1 N–H and O–H groups in total. The quantitative estimate of drug-likeness (QED) is 0.439. The molecular weight excluding hydrogens is 456 g/mol. The molecule has 0 radical (unpaired) electrons. The van der Waals surface area contributed by atoms with Gasteiger partial charge >= 0.3 is 0 Å². The average Bonchev–Trinajstić information content (AvgIpc) is 3.29. The summed E-state index contributed by atoms with van der Waals surface area (Å²) in [5.41, 5.74) is 5.73. The highest BCUT2D eigenvalue weighted by molar-refractivity contribution is 9.10. The van der Waals surface area contributed by atoms with Gasteiger partial charge in [-0.2, -0.15) is 0 Å². The van der Waals surface area contributed by atoms with Gasteiger partial charge in [0, 0.05) is 6.42 Å². The summed E-state index contributed by atoms with van der Waals surface area (Å²) in [4.78, 5) is 12.5. The minimum atomic E-state index is -0.356. The maximum Gasteiger partial charge on any atom is 0.292 e. The van der Waals surface area contributed by atoms with Gasteiger partial charge in [-0.15, -0.1) is 0 Å². The van der Waals surface area contributed by atoms with Gasteiger partial charge in [0.2, 0.25) is 0 Å². The molecule has 3 aromatic rings. The number of benzene rings is 1. The Hall–Kier alpha value is -2.34. The van der Waals surface area contributed by atoms with E-state index in [0.29, 0.717) is 22.5 Å². The number of rotatable bonds is 4. The first-order valence-corrected chi connectivity index (χ1v) is 11.4. The van der Waals surface area contributed by atoms with Gasteiger partial charge < -0.3 is 14.3 Å². The molecule has 1 aromatic carbocycles. The smallest absolute Gasteiger partial charge is 0.292 e. The van der Waals surface area contributed by atoms with Crippen LogP contribution in [-0.4, -0.2) is 11.1 Å². The van der Waals surface area contributed by atoms with E-state index in [0.717, 1.165) is 5.76 Å². The van der Waals surface area contributed by atoms with Crippen molar-refractivity contribution in [2.24, 2.45) is 0 Å². The topological polar surface area (TPSA) is 68.3 Å². The van der Waals surface area contributed by atoms with Gasteiger partial charge in [0.1, 0.15) is 16.0 Å². The Balaban J connectivity index is 1.57. The molecule has 31 heavy (non-hydrogen) atoms. The Morgan fingerprint density at radius 2 is 1.74 bits per heavy atom. The number of aromatic nitrogens is 1. The van der Waals surface area contributed by atoms with Crippen LogP contribution in [0.2, 0.25) is 0 Å². The molecule has 1 amide bonds. The molecule has 0 aliphatic heterocycles. The lowest BCUT2D eigenvalue weighted by molar-refractivity contribution is 0.0994. The molecule has 1 aliphatic rings. The third kappa shape index (κ3) is 4.10. The SMILES string of the molecule is Cc1cc2c(cc1Cc1ccc(C(=O)Nc3noc(C)c3Br)o1)C(C)(C)CCC2(C)C. The number of aryl methyl sites for hydroxylation is 2. The van der Waals surface area contributed by atoms with Crippen LogP contribution in [0.25, 0.3) is 0 Å². The first kappa shape index (κ1) is 21.9. The summed E-state index contributed by atoms with van der Waals surface area (Å²) < 4.78 is 11.6. The minimum absolute atomic E-state index is 0.157. The van der Waals surface area contributed by atoms with Gasteiger partial charge in [-0.3, -0.25) is 4.79 Å². The van der Waals surface area contributed by atoms with Gasteiger partial charge in [0.25, 0.3) is 5.91 Å². The van der Waals surface area contributed by atoms with Crippen molar-refractivity contribution >= 4 is 27.7 Å². The van der Waals surface area contributed by atoms with Crippen LogP contribution >= 0.6 is 15.9 Å². The van der Waals surface area contributed by atoms with Crippen LogP contribution in [0.3, 0.4) is 0 Å². The van der Waals surface area contributed by atoms with E-state index < -0.39 is 0 Å². The monoisotopic (exact) mass is 484 g/mol. The summed E-state index contributed by atoms with van der Waals surface area (Å²) >= 11 is 3.35. The summed E-state index contributed by atoms with van der Waals surface area (Å²) in [7, 11) is 0. The second-order valence-electron chi connectivity index (χ2n) is 9.89. The fourth-order valence-electron chi connectivity index (χ4n) is 4.35. The fourth-order valence-corrected chi connectivity index (χ4v) is 4.59.